The minimum absolute atomic E-state index is 0.226. The summed E-state index contributed by atoms with van der Waals surface area (Å²) in [4.78, 5) is 1.07. The number of fused-ring (bicyclic) bond motifs is 1. The van der Waals surface area contributed by atoms with Crippen LogP contribution in [0.25, 0.3) is 11.0 Å². The van der Waals surface area contributed by atoms with Crippen molar-refractivity contribution in [2.45, 2.75) is 0 Å². The Morgan fingerprint density at radius 3 is 2.58 bits per heavy atom. The summed E-state index contributed by atoms with van der Waals surface area (Å²) in [5.41, 5.74) is 3.09. The van der Waals surface area contributed by atoms with Gasteiger partial charge >= 0.3 is 0 Å². The van der Waals surface area contributed by atoms with E-state index in [4.69, 9.17) is 12.2 Å². The molecule has 0 aliphatic carbocycles. The van der Waals surface area contributed by atoms with Crippen LogP contribution in [0, 0.1) is 5.82 Å². The average molecular weight is 287 g/mol. The Morgan fingerprint density at radius 2 is 1.79 bits per heavy atom. The van der Waals surface area contributed by atoms with Crippen molar-refractivity contribution in [2.75, 3.05) is 5.32 Å². The fraction of sp³-hybridized carbons (Fsp3) is 0. The maximum atomic E-state index is 12.9. The zero-order valence-electron chi connectivity index (χ0n) is 9.89. The van der Waals surface area contributed by atoms with Gasteiger partial charge in [0.25, 0.3) is 0 Å². The van der Waals surface area contributed by atoms with Gasteiger partial charge in [-0.1, -0.05) is 54.3 Å². The van der Waals surface area contributed by atoms with Crippen molar-refractivity contribution in [3.63, 3.8) is 0 Å². The van der Waals surface area contributed by atoms with E-state index in [1.165, 1.54) is 23.9 Å². The second-order valence-corrected chi connectivity index (χ2v) is 5.84. The van der Waals surface area contributed by atoms with Crippen LogP contribution in [0.15, 0.2) is 48.5 Å². The van der Waals surface area contributed by atoms with Gasteiger partial charge in [-0.15, -0.1) is 0 Å². The zero-order valence-corrected chi connectivity index (χ0v) is 11.5. The Labute approximate surface area is 120 Å². The van der Waals surface area contributed by atoms with Crippen LogP contribution in [0.4, 0.5) is 10.1 Å². The van der Waals surface area contributed by atoms with E-state index in [1.54, 1.807) is 12.1 Å². The molecule has 1 aliphatic rings. The summed E-state index contributed by atoms with van der Waals surface area (Å²) in [5, 5.41) is 3.18. The van der Waals surface area contributed by atoms with E-state index in [1.807, 2.05) is 30.3 Å². The van der Waals surface area contributed by atoms with E-state index >= 15 is 0 Å². The highest BCUT2D eigenvalue weighted by molar-refractivity contribution is 8.29. The van der Waals surface area contributed by atoms with Crippen LogP contribution in [0.2, 0.25) is 0 Å². The predicted octanol–water partition coefficient (Wildman–Crippen LogP) is 4.77. The average Bonchev–Trinajstić information content (AvgIpc) is 2.41. The van der Waals surface area contributed by atoms with Crippen molar-refractivity contribution in [3.8, 4) is 0 Å². The fourth-order valence-corrected chi connectivity index (χ4v) is 3.14. The molecule has 4 heteroatoms. The molecule has 0 aromatic heterocycles. The van der Waals surface area contributed by atoms with E-state index in [9.17, 15) is 4.39 Å². The number of rotatable bonds is 1. The van der Waals surface area contributed by atoms with Crippen molar-refractivity contribution in [2.24, 2.45) is 0 Å². The topological polar surface area (TPSA) is 12.0 Å². The van der Waals surface area contributed by atoms with Crippen molar-refractivity contribution < 1.29 is 4.39 Å². The lowest BCUT2D eigenvalue weighted by Crippen LogP contribution is -2.11. The SMILES string of the molecule is Fc1ccc(/C=C2\SC(=S)Nc3ccccc32)cc1. The molecule has 94 valence electrons. The van der Waals surface area contributed by atoms with Crippen molar-refractivity contribution in [3.05, 3.63) is 65.5 Å². The smallest absolute Gasteiger partial charge is 0.143 e. The van der Waals surface area contributed by atoms with E-state index in [0.717, 1.165) is 26.0 Å². The van der Waals surface area contributed by atoms with E-state index in [-0.39, 0.29) is 5.82 Å². The highest BCUT2D eigenvalue weighted by Gasteiger charge is 2.17. The van der Waals surface area contributed by atoms with Gasteiger partial charge < -0.3 is 5.32 Å². The molecule has 1 nitrogen and oxygen atoms in total. The van der Waals surface area contributed by atoms with Crippen LogP contribution >= 0.6 is 24.0 Å². The normalized spacial score (nSPS) is 16.1. The summed E-state index contributed by atoms with van der Waals surface area (Å²) in [5.74, 6) is -0.226. The van der Waals surface area contributed by atoms with Gasteiger partial charge in [-0.05, 0) is 29.8 Å². The maximum Gasteiger partial charge on any atom is 0.143 e. The van der Waals surface area contributed by atoms with Crippen LogP contribution in [-0.2, 0) is 0 Å². The summed E-state index contributed by atoms with van der Waals surface area (Å²) in [7, 11) is 0. The van der Waals surface area contributed by atoms with Crippen molar-refractivity contribution in [1.29, 1.82) is 0 Å². The summed E-state index contributed by atoms with van der Waals surface area (Å²) in [6.45, 7) is 0. The second-order valence-electron chi connectivity index (χ2n) is 4.12. The van der Waals surface area contributed by atoms with E-state index < -0.39 is 0 Å². The largest absolute Gasteiger partial charge is 0.340 e. The number of benzene rings is 2. The van der Waals surface area contributed by atoms with Gasteiger partial charge in [-0.2, -0.15) is 0 Å². The van der Waals surface area contributed by atoms with Crippen LogP contribution in [0.3, 0.4) is 0 Å². The number of para-hydroxylation sites is 1. The molecule has 2 aromatic carbocycles. The first kappa shape index (κ1) is 12.4. The molecular formula is C15H10FNS2. The lowest BCUT2D eigenvalue weighted by atomic mass is 10.1. The van der Waals surface area contributed by atoms with E-state index in [2.05, 4.69) is 5.32 Å². The molecule has 0 radical (unpaired) electrons. The summed E-state index contributed by atoms with van der Waals surface area (Å²) < 4.78 is 13.6. The van der Waals surface area contributed by atoms with Crippen molar-refractivity contribution in [1.82, 2.24) is 0 Å². The zero-order chi connectivity index (χ0) is 13.2. The molecule has 0 fully saturated rings. The quantitative estimate of drug-likeness (QED) is 0.759. The Bertz CT molecular complexity index is 662. The maximum absolute atomic E-state index is 12.9. The minimum atomic E-state index is -0.226. The van der Waals surface area contributed by atoms with Gasteiger partial charge in [-0.25, -0.2) is 4.39 Å². The van der Waals surface area contributed by atoms with Crippen LogP contribution in [0.5, 0.6) is 0 Å². The number of nitrogens with one attached hydrogen (secondary N) is 1. The van der Waals surface area contributed by atoms with Gasteiger partial charge in [0.2, 0.25) is 0 Å². The highest BCUT2D eigenvalue weighted by Crippen LogP contribution is 2.39. The first-order valence-corrected chi connectivity index (χ1v) is 7.00. The first-order valence-electron chi connectivity index (χ1n) is 5.78. The van der Waals surface area contributed by atoms with Crippen LogP contribution in [0.1, 0.15) is 11.1 Å². The van der Waals surface area contributed by atoms with Crippen LogP contribution in [-0.4, -0.2) is 4.32 Å². The minimum Gasteiger partial charge on any atom is -0.340 e. The van der Waals surface area contributed by atoms with Crippen LogP contribution < -0.4 is 5.32 Å². The Balaban J connectivity index is 2.05. The van der Waals surface area contributed by atoms with E-state index in [0.29, 0.717) is 0 Å². The predicted molar refractivity (Wildman–Crippen MR) is 84.5 cm³/mol. The molecule has 2 aromatic rings. The van der Waals surface area contributed by atoms with Gasteiger partial charge in [0, 0.05) is 16.2 Å². The number of thiocarbonyl (C=S) groups is 1. The monoisotopic (exact) mass is 287 g/mol. The molecule has 0 atom stereocenters. The third-order valence-electron chi connectivity index (χ3n) is 2.80. The molecule has 0 saturated carbocycles. The molecule has 0 bridgehead atoms. The number of anilines is 1. The third-order valence-corrected chi connectivity index (χ3v) is 4.00. The second kappa shape index (κ2) is 5.15. The number of thioether (sulfide) groups is 1. The molecule has 0 amide bonds. The van der Waals surface area contributed by atoms with Crippen molar-refractivity contribution >= 4 is 45.0 Å². The highest BCUT2D eigenvalue weighted by atomic mass is 32.2. The summed E-state index contributed by atoms with van der Waals surface area (Å²) >= 11 is 6.76. The Hall–Kier alpha value is -1.65. The third kappa shape index (κ3) is 2.69. The molecular weight excluding hydrogens is 277 g/mol. The van der Waals surface area contributed by atoms with Gasteiger partial charge in [0.05, 0.1) is 0 Å². The number of halogens is 1. The Morgan fingerprint density at radius 1 is 1.05 bits per heavy atom. The molecule has 1 N–H and O–H groups in total. The molecule has 1 aliphatic heterocycles. The standard InChI is InChI=1S/C15H10FNS2/c16-11-7-5-10(6-8-11)9-14-12-3-1-2-4-13(12)17-15(18)19-14/h1-9H,(H,17,18)/b14-9-. The Kier molecular flexibility index (Phi) is 3.36. The van der Waals surface area contributed by atoms with Gasteiger partial charge in [0.15, 0.2) is 0 Å². The molecule has 0 spiro atoms. The lowest BCUT2D eigenvalue weighted by molar-refractivity contribution is 0.628. The fourth-order valence-electron chi connectivity index (χ4n) is 1.91. The molecule has 0 unspecified atom stereocenters. The summed E-state index contributed by atoms with van der Waals surface area (Å²) in [6.07, 6.45) is 2.02. The lowest BCUT2D eigenvalue weighted by Gasteiger charge is -2.20. The molecule has 19 heavy (non-hydrogen) atoms. The summed E-state index contributed by atoms with van der Waals surface area (Å²) in [6, 6.07) is 14.5. The van der Waals surface area contributed by atoms with Gasteiger partial charge in [-0.3, -0.25) is 0 Å². The number of hydrogen-bond acceptors (Lipinski definition) is 2. The molecule has 0 saturated heterocycles. The van der Waals surface area contributed by atoms with Gasteiger partial charge in [0.1, 0.15) is 10.1 Å². The molecule has 1 heterocycles. The number of hydrogen-bond donors (Lipinski definition) is 1. The molecule has 3 rings (SSSR count). The first-order chi connectivity index (χ1) is 9.22.